The van der Waals surface area contributed by atoms with Crippen LogP contribution < -0.4 is 0 Å². The zero-order chi connectivity index (χ0) is 18.8. The van der Waals surface area contributed by atoms with Crippen LogP contribution in [0.15, 0.2) is 0 Å². The summed E-state index contributed by atoms with van der Waals surface area (Å²) in [6.45, 7) is 0.0718. The molecule has 0 saturated carbocycles. The number of rotatable bonds is 5. The number of aliphatic carboxylic acids is 2. The third-order valence-corrected chi connectivity index (χ3v) is 7.58. The van der Waals surface area contributed by atoms with Gasteiger partial charge in [-0.15, -0.1) is 11.8 Å². The van der Waals surface area contributed by atoms with Gasteiger partial charge in [0.15, 0.2) is 0 Å². The van der Waals surface area contributed by atoms with Crippen LogP contribution in [0.2, 0.25) is 0 Å². The number of carbonyl (C=O) groups is 3. The van der Waals surface area contributed by atoms with Gasteiger partial charge in [0.25, 0.3) is 0 Å². The van der Waals surface area contributed by atoms with Crippen LogP contribution in [-0.2, 0) is 14.4 Å². The minimum absolute atomic E-state index is 0.0718. The van der Waals surface area contributed by atoms with E-state index in [1.54, 1.807) is 0 Å². The van der Waals surface area contributed by atoms with Crippen LogP contribution in [0.3, 0.4) is 0 Å². The maximum Gasteiger partial charge on any atom is 0.394 e. The first-order chi connectivity index (χ1) is 11.6. The molecule has 2 N–H and O–H groups in total. The van der Waals surface area contributed by atoms with Crippen molar-refractivity contribution in [3.63, 3.8) is 0 Å². The third-order valence-electron chi connectivity index (χ3n) is 4.46. The van der Waals surface area contributed by atoms with Crippen LogP contribution >= 0.6 is 23.5 Å². The van der Waals surface area contributed by atoms with Crippen LogP contribution in [0.4, 0.5) is 13.2 Å². The maximum atomic E-state index is 13.6. The molecule has 142 valence electrons. The Morgan fingerprint density at radius 2 is 1.92 bits per heavy atom. The van der Waals surface area contributed by atoms with Crippen molar-refractivity contribution < 1.29 is 37.8 Å². The predicted octanol–water partition coefficient (Wildman–Crippen LogP) is 1.93. The van der Waals surface area contributed by atoms with E-state index in [1.165, 1.54) is 0 Å². The Bertz CT molecular complexity index is 551. The van der Waals surface area contributed by atoms with Crippen LogP contribution in [0.1, 0.15) is 19.3 Å². The number of hydrogen-bond donors (Lipinski definition) is 2. The fraction of sp³-hybridized carbons (Fsp3) is 0.786. The molecule has 0 radical (unpaired) electrons. The molecular formula is C14H18F3NO5S2. The van der Waals surface area contributed by atoms with Crippen LogP contribution in [0.25, 0.3) is 0 Å². The fourth-order valence-electron chi connectivity index (χ4n) is 3.18. The number of alkyl halides is 3. The minimum atomic E-state index is -4.88. The molecule has 6 nitrogen and oxygen atoms in total. The van der Waals surface area contributed by atoms with E-state index in [9.17, 15) is 32.7 Å². The molecule has 0 aromatic rings. The summed E-state index contributed by atoms with van der Waals surface area (Å²) in [4.78, 5) is 36.1. The SMILES string of the molecule is O=C(O)[C@@H]1CCCN1C(=O)CC(C(F)(F)F)C1(C(=O)O)CSCCS1. The monoisotopic (exact) mass is 401 g/mol. The lowest BCUT2D eigenvalue weighted by Crippen LogP contribution is -2.55. The van der Waals surface area contributed by atoms with Gasteiger partial charge < -0.3 is 15.1 Å². The van der Waals surface area contributed by atoms with Crippen LogP contribution in [-0.4, -0.2) is 73.7 Å². The Morgan fingerprint density at radius 3 is 2.40 bits per heavy atom. The van der Waals surface area contributed by atoms with Gasteiger partial charge in [-0.3, -0.25) is 9.59 Å². The summed E-state index contributed by atoms with van der Waals surface area (Å²) < 4.78 is 38.8. The zero-order valence-electron chi connectivity index (χ0n) is 13.1. The number of likely N-dealkylation sites (tertiary alicyclic amines) is 1. The molecule has 2 aliphatic rings. The minimum Gasteiger partial charge on any atom is -0.480 e. The zero-order valence-corrected chi connectivity index (χ0v) is 14.8. The summed E-state index contributed by atoms with van der Waals surface area (Å²) in [6.07, 6.45) is -5.34. The van der Waals surface area contributed by atoms with E-state index in [4.69, 9.17) is 5.11 Å². The van der Waals surface area contributed by atoms with Gasteiger partial charge in [0, 0.05) is 30.2 Å². The first kappa shape index (κ1) is 20.2. The lowest BCUT2D eigenvalue weighted by Gasteiger charge is -2.40. The molecule has 2 aliphatic heterocycles. The van der Waals surface area contributed by atoms with Crippen molar-refractivity contribution >= 4 is 41.4 Å². The van der Waals surface area contributed by atoms with Gasteiger partial charge in [0.2, 0.25) is 5.91 Å². The van der Waals surface area contributed by atoms with E-state index < -0.39 is 47.1 Å². The van der Waals surface area contributed by atoms with Crippen molar-refractivity contribution in [2.45, 2.75) is 36.2 Å². The number of hydrogen-bond acceptors (Lipinski definition) is 5. The molecule has 2 rings (SSSR count). The number of halogens is 3. The quantitative estimate of drug-likeness (QED) is 0.727. The van der Waals surface area contributed by atoms with E-state index in [0.717, 1.165) is 28.4 Å². The molecule has 1 amide bonds. The van der Waals surface area contributed by atoms with Gasteiger partial charge in [-0.2, -0.15) is 24.9 Å². The Balaban J connectivity index is 2.27. The lowest BCUT2D eigenvalue weighted by molar-refractivity contribution is -0.193. The van der Waals surface area contributed by atoms with E-state index in [1.807, 2.05) is 0 Å². The molecule has 2 unspecified atom stereocenters. The summed E-state index contributed by atoms with van der Waals surface area (Å²) in [5.41, 5.74) is 0. The molecule has 0 aromatic carbocycles. The highest BCUT2D eigenvalue weighted by molar-refractivity contribution is 8.07. The molecular weight excluding hydrogens is 383 g/mol. The average molecular weight is 401 g/mol. The molecule has 11 heteroatoms. The number of carboxylic acid groups (broad SMARTS) is 2. The molecule has 25 heavy (non-hydrogen) atoms. The number of nitrogens with zero attached hydrogens (tertiary/aromatic N) is 1. The van der Waals surface area contributed by atoms with Gasteiger partial charge in [0.05, 0.1) is 5.92 Å². The highest BCUT2D eigenvalue weighted by Gasteiger charge is 2.60. The molecule has 2 heterocycles. The van der Waals surface area contributed by atoms with Crippen molar-refractivity contribution in [2.75, 3.05) is 23.8 Å². The second kappa shape index (κ2) is 7.65. The van der Waals surface area contributed by atoms with Crippen molar-refractivity contribution in [1.29, 1.82) is 0 Å². The number of amides is 1. The smallest absolute Gasteiger partial charge is 0.394 e. The lowest BCUT2D eigenvalue weighted by atomic mass is 9.88. The van der Waals surface area contributed by atoms with Crippen molar-refractivity contribution in [3.8, 4) is 0 Å². The molecule has 2 fully saturated rings. The Hall–Kier alpha value is -1.10. The van der Waals surface area contributed by atoms with Crippen LogP contribution in [0, 0.1) is 5.92 Å². The van der Waals surface area contributed by atoms with E-state index in [-0.39, 0.29) is 24.5 Å². The Morgan fingerprint density at radius 1 is 1.24 bits per heavy atom. The van der Waals surface area contributed by atoms with E-state index in [0.29, 0.717) is 12.2 Å². The number of thioether (sulfide) groups is 2. The summed E-state index contributed by atoms with van der Waals surface area (Å²) in [5.74, 6) is -5.61. The summed E-state index contributed by atoms with van der Waals surface area (Å²) in [7, 11) is 0. The van der Waals surface area contributed by atoms with Gasteiger partial charge in [0.1, 0.15) is 10.8 Å². The maximum absolute atomic E-state index is 13.6. The summed E-state index contributed by atoms with van der Waals surface area (Å²) >= 11 is 1.84. The average Bonchev–Trinajstić information content (AvgIpc) is 3.01. The van der Waals surface area contributed by atoms with E-state index >= 15 is 0 Å². The molecule has 0 aliphatic carbocycles. The molecule has 3 atom stereocenters. The predicted molar refractivity (Wildman–Crippen MR) is 86.7 cm³/mol. The van der Waals surface area contributed by atoms with Crippen LogP contribution in [0.5, 0.6) is 0 Å². The Labute approximate surface area is 150 Å². The largest absolute Gasteiger partial charge is 0.480 e. The first-order valence-electron chi connectivity index (χ1n) is 7.63. The molecule has 0 bridgehead atoms. The van der Waals surface area contributed by atoms with Gasteiger partial charge in [-0.1, -0.05) is 0 Å². The van der Waals surface area contributed by atoms with Gasteiger partial charge in [-0.25, -0.2) is 4.79 Å². The first-order valence-corrected chi connectivity index (χ1v) is 9.77. The van der Waals surface area contributed by atoms with Gasteiger partial charge >= 0.3 is 18.1 Å². The highest BCUT2D eigenvalue weighted by atomic mass is 32.2. The Kier molecular flexibility index (Phi) is 6.18. The highest BCUT2D eigenvalue weighted by Crippen LogP contribution is 2.49. The fourth-order valence-corrected chi connectivity index (χ4v) is 6.25. The molecule has 0 spiro atoms. The van der Waals surface area contributed by atoms with Crippen molar-refractivity contribution in [3.05, 3.63) is 0 Å². The standard InChI is InChI=1S/C14H18F3NO5S2/c15-14(16,17)9(13(12(22)23)7-24-4-5-25-13)6-10(19)18-3-1-2-8(18)11(20)21/h8-9H,1-7H2,(H,20,21)(H,22,23)/t8-,9?,13?/m0/s1. The second-order valence-electron chi connectivity index (χ2n) is 5.98. The molecule has 2 saturated heterocycles. The normalized spacial score (nSPS) is 28.6. The topological polar surface area (TPSA) is 94.9 Å². The number of carbonyl (C=O) groups excluding carboxylic acids is 1. The van der Waals surface area contributed by atoms with Crippen molar-refractivity contribution in [2.24, 2.45) is 5.92 Å². The van der Waals surface area contributed by atoms with Crippen molar-refractivity contribution in [1.82, 2.24) is 4.90 Å². The summed E-state index contributed by atoms with van der Waals surface area (Å²) in [5, 5.41) is 18.6. The number of carboxylic acids is 2. The van der Waals surface area contributed by atoms with Gasteiger partial charge in [-0.05, 0) is 12.8 Å². The van der Waals surface area contributed by atoms with E-state index in [2.05, 4.69) is 0 Å². The summed E-state index contributed by atoms with van der Waals surface area (Å²) in [6, 6.07) is -1.14. The third kappa shape index (κ3) is 4.18. The second-order valence-corrected chi connectivity index (χ2v) is 8.51. The molecule has 0 aromatic heterocycles.